The summed E-state index contributed by atoms with van der Waals surface area (Å²) in [5.74, 6) is 0.609. The Morgan fingerprint density at radius 2 is 1.94 bits per heavy atom. The Bertz CT molecular complexity index is 1570. The zero-order valence-electron chi connectivity index (χ0n) is 18.7. The van der Waals surface area contributed by atoms with Gasteiger partial charge in [0.1, 0.15) is 17.8 Å². The van der Waals surface area contributed by atoms with Crippen molar-refractivity contribution in [1.82, 2.24) is 10.1 Å². The molecule has 9 heteroatoms. The minimum atomic E-state index is -1.54. The van der Waals surface area contributed by atoms with Gasteiger partial charge in [0.25, 0.3) is 0 Å². The number of rotatable bonds is 6. The Morgan fingerprint density at radius 3 is 2.69 bits per heavy atom. The first kappa shape index (κ1) is 23.0. The molecule has 0 saturated heterocycles. The summed E-state index contributed by atoms with van der Waals surface area (Å²) in [5.41, 5.74) is 3.69. The summed E-state index contributed by atoms with van der Waals surface area (Å²) in [6, 6.07) is 16.9. The van der Waals surface area contributed by atoms with Crippen molar-refractivity contribution in [3.05, 3.63) is 89.7 Å². The van der Waals surface area contributed by atoms with Crippen LogP contribution in [-0.4, -0.2) is 21.5 Å². The summed E-state index contributed by atoms with van der Waals surface area (Å²) in [6.45, 7) is 1.90. The first-order valence-corrected chi connectivity index (χ1v) is 12.1. The van der Waals surface area contributed by atoms with Crippen LogP contribution in [0, 0.1) is 12.7 Å². The van der Waals surface area contributed by atoms with Crippen molar-refractivity contribution in [2.75, 3.05) is 11.8 Å². The summed E-state index contributed by atoms with van der Waals surface area (Å²) >= 11 is 6.67. The number of nitrogens with zero attached hydrogens (tertiary/aromatic N) is 2. The topological polar surface area (TPSA) is 77.2 Å². The molecule has 3 aromatic carbocycles. The monoisotopic (exact) mass is 507 g/mol. The smallest absolute Gasteiger partial charge is 0.181 e. The summed E-state index contributed by atoms with van der Waals surface area (Å²) in [6.07, 6.45) is 3.14. The van der Waals surface area contributed by atoms with Gasteiger partial charge >= 0.3 is 0 Å². The van der Waals surface area contributed by atoms with E-state index in [4.69, 9.17) is 20.9 Å². The first-order valence-electron chi connectivity index (χ1n) is 10.6. The summed E-state index contributed by atoms with van der Waals surface area (Å²) in [7, 11) is 0.0383. The number of aromatic nitrogens is 2. The van der Waals surface area contributed by atoms with Gasteiger partial charge in [-0.3, -0.25) is 9.71 Å². The molecule has 0 bridgehead atoms. The molecule has 2 aromatic heterocycles. The zero-order valence-corrected chi connectivity index (χ0v) is 20.3. The molecule has 0 aliphatic rings. The highest BCUT2D eigenvalue weighted by atomic mass is 35.5. The SMILES string of the molecule is COc1cc(-c2cccc(F)c2)c(Cl)cc1-c1c(C)ncc2cc(S(=O)Nc3ccon3)ccc12. The van der Waals surface area contributed by atoms with Crippen LogP contribution in [0.3, 0.4) is 0 Å². The van der Waals surface area contributed by atoms with Gasteiger partial charge in [-0.25, -0.2) is 8.60 Å². The van der Waals surface area contributed by atoms with E-state index in [0.717, 1.165) is 27.6 Å². The molecule has 5 aromatic rings. The maximum absolute atomic E-state index is 13.8. The van der Waals surface area contributed by atoms with E-state index in [2.05, 4.69) is 14.9 Å². The van der Waals surface area contributed by atoms with Crippen molar-refractivity contribution in [3.8, 4) is 28.0 Å². The zero-order chi connectivity index (χ0) is 24.5. The largest absolute Gasteiger partial charge is 0.496 e. The molecule has 1 atom stereocenters. The lowest BCUT2D eigenvalue weighted by Crippen LogP contribution is -2.05. The second-order valence-corrected chi connectivity index (χ2v) is 9.39. The number of anilines is 1. The highest BCUT2D eigenvalue weighted by Gasteiger charge is 2.18. The molecule has 6 nitrogen and oxygen atoms in total. The second kappa shape index (κ2) is 9.48. The Kier molecular flexibility index (Phi) is 6.23. The molecule has 1 N–H and O–H groups in total. The molecule has 1 unspecified atom stereocenters. The molecule has 35 heavy (non-hydrogen) atoms. The fraction of sp³-hybridized carbons (Fsp3) is 0.0769. The van der Waals surface area contributed by atoms with Gasteiger partial charge in [-0.1, -0.05) is 35.0 Å². The number of hydrogen-bond acceptors (Lipinski definition) is 5. The van der Waals surface area contributed by atoms with Crippen molar-refractivity contribution in [1.29, 1.82) is 0 Å². The van der Waals surface area contributed by atoms with Crippen LogP contribution < -0.4 is 9.46 Å². The summed E-state index contributed by atoms with van der Waals surface area (Å²) in [5, 5.41) is 5.88. The predicted octanol–water partition coefficient (Wildman–Crippen LogP) is 6.80. The molecule has 0 amide bonds. The van der Waals surface area contributed by atoms with Gasteiger partial charge in [0.05, 0.1) is 12.0 Å². The standard InChI is InChI=1S/C26H19ClFN3O3S/c1-15-26(22-12-23(27)21(13-24(22)33-2)16-4-3-5-18(28)10-16)20-7-6-19(11-17(20)14-29-15)35(32)31-25-8-9-34-30-25/h3-14H,1-2H3,(H,30,31). The lowest BCUT2D eigenvalue weighted by atomic mass is 9.94. The molecule has 2 heterocycles. The van der Waals surface area contributed by atoms with Gasteiger partial charge < -0.3 is 9.26 Å². The second-order valence-electron chi connectivity index (χ2n) is 7.77. The third kappa shape index (κ3) is 4.50. The molecule has 5 rings (SSSR count). The van der Waals surface area contributed by atoms with Crippen LogP contribution in [0.1, 0.15) is 5.69 Å². The Hall–Kier alpha value is -3.75. The quantitative estimate of drug-likeness (QED) is 0.273. The minimum absolute atomic E-state index is 0.345. The van der Waals surface area contributed by atoms with E-state index in [1.54, 1.807) is 43.6 Å². The Balaban J connectivity index is 1.61. The average molecular weight is 508 g/mol. The lowest BCUT2D eigenvalue weighted by molar-refractivity contribution is 0.416. The molecule has 176 valence electrons. The highest BCUT2D eigenvalue weighted by molar-refractivity contribution is 7.86. The average Bonchev–Trinajstić information content (AvgIpc) is 3.36. The first-order chi connectivity index (χ1) is 16.9. The van der Waals surface area contributed by atoms with Crippen LogP contribution in [0.5, 0.6) is 5.75 Å². The number of fused-ring (bicyclic) bond motifs is 1. The number of aryl methyl sites for hydroxylation is 1. The number of benzene rings is 3. The molecule has 0 fully saturated rings. The maximum Gasteiger partial charge on any atom is 0.181 e. The lowest BCUT2D eigenvalue weighted by Gasteiger charge is -2.17. The third-order valence-electron chi connectivity index (χ3n) is 5.59. The van der Waals surface area contributed by atoms with Gasteiger partial charge in [0, 0.05) is 45.1 Å². The molecule has 0 radical (unpaired) electrons. The van der Waals surface area contributed by atoms with E-state index in [0.29, 0.717) is 32.6 Å². The predicted molar refractivity (Wildman–Crippen MR) is 135 cm³/mol. The molecular formula is C26H19ClFN3O3S. The summed E-state index contributed by atoms with van der Waals surface area (Å²) in [4.78, 5) is 5.12. The fourth-order valence-corrected chi connectivity index (χ4v) is 5.08. The maximum atomic E-state index is 13.8. The molecule has 0 aliphatic carbocycles. The van der Waals surface area contributed by atoms with Gasteiger partial charge in [-0.15, -0.1) is 0 Å². The Labute approximate surface area is 208 Å². The van der Waals surface area contributed by atoms with Crippen molar-refractivity contribution in [2.45, 2.75) is 11.8 Å². The number of pyridine rings is 1. The van der Waals surface area contributed by atoms with E-state index in [-0.39, 0.29) is 5.82 Å². The summed E-state index contributed by atoms with van der Waals surface area (Å²) < 4.78 is 39.9. The van der Waals surface area contributed by atoms with Crippen LogP contribution in [0.15, 0.2) is 82.5 Å². The molecular weight excluding hydrogens is 489 g/mol. The van der Waals surface area contributed by atoms with Crippen molar-refractivity contribution < 1.29 is 17.9 Å². The van der Waals surface area contributed by atoms with Crippen LogP contribution >= 0.6 is 11.6 Å². The number of ether oxygens (including phenoxy) is 1. The van der Waals surface area contributed by atoms with E-state index >= 15 is 0 Å². The van der Waals surface area contributed by atoms with Crippen molar-refractivity contribution in [2.24, 2.45) is 0 Å². The molecule has 0 aliphatic heterocycles. The minimum Gasteiger partial charge on any atom is -0.496 e. The van der Waals surface area contributed by atoms with E-state index < -0.39 is 11.0 Å². The van der Waals surface area contributed by atoms with E-state index in [9.17, 15) is 8.60 Å². The Morgan fingerprint density at radius 1 is 1.09 bits per heavy atom. The number of halogens is 2. The fourth-order valence-electron chi connectivity index (χ4n) is 3.97. The van der Waals surface area contributed by atoms with Crippen LogP contribution in [0.25, 0.3) is 33.0 Å². The highest BCUT2D eigenvalue weighted by Crippen LogP contribution is 2.42. The van der Waals surface area contributed by atoms with Crippen molar-refractivity contribution >= 4 is 39.2 Å². The van der Waals surface area contributed by atoms with Gasteiger partial charge in [-0.05, 0) is 54.3 Å². The normalized spacial score (nSPS) is 12.0. The van der Waals surface area contributed by atoms with Crippen LogP contribution in [-0.2, 0) is 11.0 Å². The van der Waals surface area contributed by atoms with Gasteiger partial charge in [0.15, 0.2) is 16.8 Å². The molecule has 0 saturated carbocycles. The van der Waals surface area contributed by atoms with Crippen LogP contribution in [0.2, 0.25) is 5.02 Å². The third-order valence-corrected chi connectivity index (χ3v) is 6.98. The molecule has 0 spiro atoms. The number of methoxy groups -OCH3 is 1. The van der Waals surface area contributed by atoms with Gasteiger partial charge in [-0.2, -0.15) is 0 Å². The number of hydrogen-bond donors (Lipinski definition) is 1. The van der Waals surface area contributed by atoms with Crippen molar-refractivity contribution in [3.63, 3.8) is 0 Å². The number of nitrogens with one attached hydrogen (secondary N) is 1. The van der Waals surface area contributed by atoms with E-state index in [1.807, 2.05) is 25.1 Å². The van der Waals surface area contributed by atoms with E-state index in [1.165, 1.54) is 18.4 Å². The van der Waals surface area contributed by atoms with Gasteiger partial charge in [0.2, 0.25) is 0 Å². The van der Waals surface area contributed by atoms with Crippen LogP contribution in [0.4, 0.5) is 10.2 Å².